The molecule has 0 bridgehead atoms. The minimum Gasteiger partial charge on any atom is -0.398 e. The van der Waals surface area contributed by atoms with E-state index in [0.717, 1.165) is 14.8 Å². The summed E-state index contributed by atoms with van der Waals surface area (Å²) in [7, 11) is 0. The lowest BCUT2D eigenvalue weighted by Gasteiger charge is -2.04. The molecule has 1 amide bonds. The Hall–Kier alpha value is -0.780. The maximum Gasteiger partial charge on any atom is 0.217 e. The van der Waals surface area contributed by atoms with Crippen LogP contribution in [-0.4, -0.2) is 5.91 Å². The number of carbonyl (C=O) groups excluding carboxylic acids is 1. The minimum absolute atomic E-state index is 0.294. The lowest BCUT2D eigenvalue weighted by atomic mass is 10.1. The van der Waals surface area contributed by atoms with Gasteiger partial charge in [0.15, 0.2) is 0 Å². The summed E-state index contributed by atoms with van der Waals surface area (Å²) in [4.78, 5) is 10.5. The largest absolute Gasteiger partial charge is 0.398 e. The second-order valence-corrected chi connectivity index (χ2v) is 4.06. The molecule has 4 N–H and O–H groups in total. The second kappa shape index (κ2) is 4.45. The third-order valence-corrected chi connectivity index (χ3v) is 2.42. The summed E-state index contributed by atoms with van der Waals surface area (Å²) in [6.07, 6.45) is 0.975. The predicted molar refractivity (Wildman–Crippen MR) is 61.1 cm³/mol. The Morgan fingerprint density at radius 3 is 2.69 bits per heavy atom. The van der Waals surface area contributed by atoms with Crippen molar-refractivity contribution in [3.05, 3.63) is 27.3 Å². The van der Waals surface area contributed by atoms with Gasteiger partial charge in [-0.2, -0.15) is 0 Å². The van der Waals surface area contributed by atoms with Crippen LogP contribution in [0.1, 0.15) is 12.0 Å². The number of anilines is 1. The van der Waals surface area contributed by atoms with E-state index in [1.807, 2.05) is 18.2 Å². The third-order valence-electron chi connectivity index (χ3n) is 1.75. The first-order valence-corrected chi connectivity index (χ1v) is 4.99. The number of nitrogen functional groups attached to an aromatic ring is 1. The average molecular weight is 290 g/mol. The average Bonchev–Trinajstić information content (AvgIpc) is 2.02. The van der Waals surface area contributed by atoms with Crippen LogP contribution in [0.2, 0.25) is 0 Å². The number of amides is 1. The van der Waals surface area contributed by atoms with Crippen molar-refractivity contribution < 1.29 is 4.79 Å². The van der Waals surface area contributed by atoms with Crippen LogP contribution in [0.3, 0.4) is 0 Å². The number of carbonyl (C=O) groups is 1. The number of hydrogen-bond acceptors (Lipinski definition) is 2. The maximum atomic E-state index is 10.5. The molecule has 0 radical (unpaired) electrons. The van der Waals surface area contributed by atoms with Gasteiger partial charge in [0.25, 0.3) is 0 Å². The van der Waals surface area contributed by atoms with Crippen molar-refractivity contribution >= 4 is 34.2 Å². The van der Waals surface area contributed by atoms with E-state index in [9.17, 15) is 4.79 Å². The van der Waals surface area contributed by atoms with Crippen molar-refractivity contribution in [3.8, 4) is 0 Å². The summed E-state index contributed by atoms with van der Waals surface area (Å²) in [5.41, 5.74) is 12.5. The van der Waals surface area contributed by atoms with E-state index in [-0.39, 0.29) is 5.91 Å². The molecule has 1 rings (SSSR count). The Labute approximate surface area is 90.6 Å². The van der Waals surface area contributed by atoms with Gasteiger partial charge in [0, 0.05) is 15.7 Å². The van der Waals surface area contributed by atoms with Gasteiger partial charge in [-0.15, -0.1) is 0 Å². The summed E-state index contributed by atoms with van der Waals surface area (Å²) in [5, 5.41) is 0. The summed E-state index contributed by atoms with van der Waals surface area (Å²) >= 11 is 2.19. The molecular weight excluding hydrogens is 279 g/mol. The van der Waals surface area contributed by atoms with Crippen LogP contribution >= 0.6 is 22.6 Å². The van der Waals surface area contributed by atoms with Crippen molar-refractivity contribution in [3.63, 3.8) is 0 Å². The normalized spacial score (nSPS) is 9.92. The second-order valence-electron chi connectivity index (χ2n) is 2.81. The zero-order chi connectivity index (χ0) is 9.84. The first kappa shape index (κ1) is 10.3. The highest BCUT2D eigenvalue weighted by atomic mass is 127. The van der Waals surface area contributed by atoms with Crippen LogP contribution in [0.15, 0.2) is 18.2 Å². The Balaban J connectivity index is 2.72. The van der Waals surface area contributed by atoms with E-state index in [1.165, 1.54) is 0 Å². The highest BCUT2D eigenvalue weighted by molar-refractivity contribution is 14.1. The molecule has 3 nitrogen and oxygen atoms in total. The monoisotopic (exact) mass is 290 g/mol. The van der Waals surface area contributed by atoms with E-state index < -0.39 is 0 Å². The van der Waals surface area contributed by atoms with Crippen LogP contribution < -0.4 is 11.5 Å². The number of aryl methyl sites for hydroxylation is 1. The van der Waals surface area contributed by atoms with Crippen molar-refractivity contribution in [2.24, 2.45) is 5.73 Å². The molecule has 0 aliphatic heterocycles. The Bertz CT molecular complexity index is 325. The molecule has 0 heterocycles. The summed E-state index contributed by atoms with van der Waals surface area (Å²) in [5.74, 6) is -0.294. The molecule has 0 aromatic heterocycles. The SMILES string of the molecule is NC(=O)CCc1ccc(I)cc1N. The van der Waals surface area contributed by atoms with Gasteiger partial charge in [-0.1, -0.05) is 6.07 Å². The van der Waals surface area contributed by atoms with Crippen LogP contribution in [-0.2, 0) is 11.2 Å². The highest BCUT2D eigenvalue weighted by Gasteiger charge is 2.01. The zero-order valence-electron chi connectivity index (χ0n) is 7.09. The van der Waals surface area contributed by atoms with Crippen molar-refractivity contribution in [2.45, 2.75) is 12.8 Å². The van der Waals surface area contributed by atoms with Crippen LogP contribution in [0.5, 0.6) is 0 Å². The van der Waals surface area contributed by atoms with Crippen LogP contribution in [0.25, 0.3) is 0 Å². The minimum atomic E-state index is -0.294. The van der Waals surface area contributed by atoms with Gasteiger partial charge in [-0.3, -0.25) is 4.79 Å². The van der Waals surface area contributed by atoms with E-state index in [1.54, 1.807) is 0 Å². The molecule has 0 aliphatic carbocycles. The number of halogens is 1. The molecule has 0 fully saturated rings. The van der Waals surface area contributed by atoms with Gasteiger partial charge in [0.05, 0.1) is 0 Å². The van der Waals surface area contributed by atoms with E-state index in [0.29, 0.717) is 12.8 Å². The number of nitrogens with two attached hydrogens (primary N) is 2. The van der Waals surface area contributed by atoms with Gasteiger partial charge in [-0.25, -0.2) is 0 Å². The van der Waals surface area contributed by atoms with Crippen molar-refractivity contribution in [2.75, 3.05) is 5.73 Å². The number of benzene rings is 1. The molecule has 0 saturated heterocycles. The topological polar surface area (TPSA) is 69.1 Å². The van der Waals surface area contributed by atoms with E-state index >= 15 is 0 Å². The molecule has 1 aromatic carbocycles. The third kappa shape index (κ3) is 3.22. The fourth-order valence-electron chi connectivity index (χ4n) is 1.05. The molecule has 70 valence electrons. The molecular formula is C9H11IN2O. The number of hydrogen-bond donors (Lipinski definition) is 2. The maximum absolute atomic E-state index is 10.5. The predicted octanol–water partition coefficient (Wildman–Crippen LogP) is 1.29. The van der Waals surface area contributed by atoms with Gasteiger partial charge < -0.3 is 11.5 Å². The van der Waals surface area contributed by atoms with Gasteiger partial charge in [-0.05, 0) is 46.7 Å². The quantitative estimate of drug-likeness (QED) is 0.650. The van der Waals surface area contributed by atoms with E-state index in [4.69, 9.17) is 11.5 Å². The summed E-state index contributed by atoms with van der Waals surface area (Å²) in [6.45, 7) is 0. The molecule has 4 heteroatoms. The van der Waals surface area contributed by atoms with Crippen molar-refractivity contribution in [1.82, 2.24) is 0 Å². The fourth-order valence-corrected chi connectivity index (χ4v) is 1.57. The van der Waals surface area contributed by atoms with Crippen LogP contribution in [0, 0.1) is 3.57 Å². The van der Waals surface area contributed by atoms with Gasteiger partial charge in [0.1, 0.15) is 0 Å². The lowest BCUT2D eigenvalue weighted by Crippen LogP contribution is -2.11. The van der Waals surface area contributed by atoms with Gasteiger partial charge >= 0.3 is 0 Å². The summed E-state index contributed by atoms with van der Waals surface area (Å²) in [6, 6.07) is 5.78. The Morgan fingerprint density at radius 1 is 1.46 bits per heavy atom. The highest BCUT2D eigenvalue weighted by Crippen LogP contribution is 2.16. The smallest absolute Gasteiger partial charge is 0.217 e. The fraction of sp³-hybridized carbons (Fsp3) is 0.222. The summed E-state index contributed by atoms with van der Waals surface area (Å²) < 4.78 is 1.10. The van der Waals surface area contributed by atoms with Crippen molar-refractivity contribution in [1.29, 1.82) is 0 Å². The zero-order valence-corrected chi connectivity index (χ0v) is 9.24. The molecule has 0 unspecified atom stereocenters. The Morgan fingerprint density at radius 2 is 2.15 bits per heavy atom. The molecule has 0 aliphatic rings. The number of primary amides is 1. The number of rotatable bonds is 3. The Kier molecular flexibility index (Phi) is 3.53. The first-order chi connectivity index (χ1) is 6.09. The lowest BCUT2D eigenvalue weighted by molar-refractivity contribution is -0.117. The molecule has 0 saturated carbocycles. The van der Waals surface area contributed by atoms with Gasteiger partial charge in [0.2, 0.25) is 5.91 Å². The molecule has 0 atom stereocenters. The van der Waals surface area contributed by atoms with E-state index in [2.05, 4.69) is 22.6 Å². The molecule has 13 heavy (non-hydrogen) atoms. The molecule has 0 spiro atoms. The molecule has 1 aromatic rings. The van der Waals surface area contributed by atoms with Crippen LogP contribution in [0.4, 0.5) is 5.69 Å². The first-order valence-electron chi connectivity index (χ1n) is 3.92. The standard InChI is InChI=1S/C9H11IN2O/c10-7-3-1-6(8(11)5-7)2-4-9(12)13/h1,3,5H,2,4,11H2,(H2,12,13).